The first kappa shape index (κ1) is 17.3. The van der Waals surface area contributed by atoms with Crippen LogP contribution in [0.4, 0.5) is 0 Å². The minimum Gasteiger partial charge on any atom is -0.456 e. The highest BCUT2D eigenvalue weighted by atomic mass is 16.3. The lowest BCUT2D eigenvalue weighted by Crippen LogP contribution is -1.75. The predicted molar refractivity (Wildman–Crippen MR) is 124 cm³/mol. The lowest BCUT2D eigenvalue weighted by atomic mass is 10.1. The Morgan fingerprint density at radius 3 is 1.28 bits per heavy atom. The molecule has 1 nitrogen and oxygen atoms in total. The molecule has 0 saturated heterocycles. The Morgan fingerprint density at radius 1 is 0.414 bits per heavy atom. The molecule has 1 heteroatoms. The number of hydrogen-bond acceptors (Lipinski definition) is 1. The van der Waals surface area contributed by atoms with Crippen LogP contribution in [-0.4, -0.2) is 0 Å². The molecule has 5 rings (SSSR count). The molecule has 0 N–H and O–H groups in total. The van der Waals surface area contributed by atoms with E-state index in [2.05, 4.69) is 109 Å². The molecule has 1 aromatic heterocycles. The molecule has 0 aliphatic heterocycles. The highest BCUT2D eigenvalue weighted by Crippen LogP contribution is 2.31. The highest BCUT2D eigenvalue weighted by Gasteiger charge is 2.07. The summed E-state index contributed by atoms with van der Waals surface area (Å²) in [6.45, 7) is 0. The van der Waals surface area contributed by atoms with Gasteiger partial charge in [0.1, 0.15) is 11.2 Å². The minimum atomic E-state index is 0.918. The molecular weight excluding hydrogens is 352 g/mol. The second-order valence-corrected chi connectivity index (χ2v) is 7.10. The van der Waals surface area contributed by atoms with Crippen LogP contribution in [0.25, 0.3) is 46.2 Å². The number of benzene rings is 4. The van der Waals surface area contributed by atoms with Gasteiger partial charge in [-0.05, 0) is 46.5 Å². The first-order valence-corrected chi connectivity index (χ1v) is 9.78. The lowest BCUT2D eigenvalue weighted by Gasteiger charge is -1.97. The van der Waals surface area contributed by atoms with Crippen LogP contribution in [0.15, 0.2) is 101 Å². The molecule has 138 valence electrons. The molecule has 0 fully saturated rings. The zero-order chi connectivity index (χ0) is 19.5. The highest BCUT2D eigenvalue weighted by molar-refractivity contribution is 6.06. The van der Waals surface area contributed by atoms with Crippen LogP contribution in [0.1, 0.15) is 22.3 Å². The molecular formula is C28H20O. The van der Waals surface area contributed by atoms with E-state index in [1.54, 1.807) is 0 Å². The summed E-state index contributed by atoms with van der Waals surface area (Å²) in [5, 5.41) is 2.29. The van der Waals surface area contributed by atoms with E-state index in [4.69, 9.17) is 4.42 Å². The smallest absolute Gasteiger partial charge is 0.135 e. The van der Waals surface area contributed by atoms with Crippen LogP contribution in [0.5, 0.6) is 0 Å². The van der Waals surface area contributed by atoms with E-state index >= 15 is 0 Å². The van der Waals surface area contributed by atoms with Gasteiger partial charge in [-0.2, -0.15) is 0 Å². The van der Waals surface area contributed by atoms with E-state index in [0.29, 0.717) is 0 Å². The van der Waals surface area contributed by atoms with Gasteiger partial charge in [0.25, 0.3) is 0 Å². The van der Waals surface area contributed by atoms with Gasteiger partial charge in [-0.25, -0.2) is 0 Å². The van der Waals surface area contributed by atoms with Crippen LogP contribution in [0, 0.1) is 0 Å². The Bertz CT molecular complexity index is 1220. The molecule has 29 heavy (non-hydrogen) atoms. The molecule has 0 radical (unpaired) electrons. The minimum absolute atomic E-state index is 0.918. The van der Waals surface area contributed by atoms with Crippen molar-refractivity contribution in [3.8, 4) is 0 Å². The van der Waals surface area contributed by atoms with Crippen molar-refractivity contribution in [3.05, 3.63) is 119 Å². The maximum atomic E-state index is 6.04. The van der Waals surface area contributed by atoms with Gasteiger partial charge in [-0.3, -0.25) is 0 Å². The van der Waals surface area contributed by atoms with Gasteiger partial charge in [0.2, 0.25) is 0 Å². The summed E-state index contributed by atoms with van der Waals surface area (Å²) in [7, 11) is 0. The van der Waals surface area contributed by atoms with Gasteiger partial charge in [0, 0.05) is 10.8 Å². The van der Waals surface area contributed by atoms with Gasteiger partial charge in [-0.15, -0.1) is 0 Å². The number of rotatable bonds is 4. The third kappa shape index (κ3) is 3.76. The molecule has 0 amide bonds. The zero-order valence-corrected chi connectivity index (χ0v) is 16.0. The molecule has 0 saturated carbocycles. The Balaban J connectivity index is 1.51. The van der Waals surface area contributed by atoms with Crippen molar-refractivity contribution in [1.82, 2.24) is 0 Å². The average molecular weight is 372 g/mol. The summed E-state index contributed by atoms with van der Waals surface area (Å²) in [5.74, 6) is 0. The van der Waals surface area contributed by atoms with Crippen molar-refractivity contribution in [3.63, 3.8) is 0 Å². The summed E-state index contributed by atoms with van der Waals surface area (Å²) in [6, 6.07) is 33.4. The van der Waals surface area contributed by atoms with Crippen LogP contribution >= 0.6 is 0 Å². The van der Waals surface area contributed by atoms with E-state index < -0.39 is 0 Å². The topological polar surface area (TPSA) is 13.1 Å². The summed E-state index contributed by atoms with van der Waals surface area (Å²) < 4.78 is 6.04. The number of furan rings is 1. The van der Waals surface area contributed by atoms with Gasteiger partial charge in [0.05, 0.1) is 0 Å². The maximum absolute atomic E-state index is 6.04. The fraction of sp³-hybridized carbons (Fsp3) is 0. The normalized spacial score (nSPS) is 11.9. The second kappa shape index (κ2) is 7.65. The third-order valence-electron chi connectivity index (χ3n) is 5.05. The molecule has 0 bridgehead atoms. The Hall–Kier alpha value is -3.84. The van der Waals surface area contributed by atoms with E-state index in [0.717, 1.165) is 33.1 Å². The molecule has 1 heterocycles. The van der Waals surface area contributed by atoms with Crippen molar-refractivity contribution in [2.24, 2.45) is 0 Å². The Morgan fingerprint density at radius 2 is 0.828 bits per heavy atom. The maximum Gasteiger partial charge on any atom is 0.135 e. The zero-order valence-electron chi connectivity index (χ0n) is 16.0. The SMILES string of the molecule is C(=C\c1ccc2oc3ccc(/C=C/c4ccccc4)cc3c2c1)/c1ccccc1. The first-order chi connectivity index (χ1) is 14.3. The molecule has 5 aromatic rings. The average Bonchev–Trinajstić information content (AvgIpc) is 3.15. The van der Waals surface area contributed by atoms with Crippen molar-refractivity contribution < 1.29 is 4.42 Å². The van der Waals surface area contributed by atoms with Crippen LogP contribution in [0.2, 0.25) is 0 Å². The van der Waals surface area contributed by atoms with Crippen molar-refractivity contribution >= 4 is 46.2 Å². The third-order valence-corrected chi connectivity index (χ3v) is 5.05. The van der Waals surface area contributed by atoms with Crippen LogP contribution < -0.4 is 0 Å². The largest absolute Gasteiger partial charge is 0.456 e. The molecule has 4 aromatic carbocycles. The van der Waals surface area contributed by atoms with Gasteiger partial charge < -0.3 is 4.42 Å². The monoisotopic (exact) mass is 372 g/mol. The summed E-state index contributed by atoms with van der Waals surface area (Å²) in [6.07, 6.45) is 8.56. The van der Waals surface area contributed by atoms with E-state index in [9.17, 15) is 0 Å². The molecule has 0 aliphatic carbocycles. The second-order valence-electron chi connectivity index (χ2n) is 7.10. The van der Waals surface area contributed by atoms with Crippen molar-refractivity contribution in [1.29, 1.82) is 0 Å². The van der Waals surface area contributed by atoms with E-state index in [1.807, 2.05) is 12.1 Å². The van der Waals surface area contributed by atoms with Crippen molar-refractivity contribution in [2.45, 2.75) is 0 Å². The molecule has 0 aliphatic rings. The predicted octanol–water partition coefficient (Wildman–Crippen LogP) is 7.93. The first-order valence-electron chi connectivity index (χ1n) is 9.78. The lowest BCUT2D eigenvalue weighted by molar-refractivity contribution is 0.669. The van der Waals surface area contributed by atoms with Gasteiger partial charge in [-0.1, -0.05) is 97.1 Å². The quantitative estimate of drug-likeness (QED) is 0.292. The van der Waals surface area contributed by atoms with Crippen LogP contribution in [0.3, 0.4) is 0 Å². The van der Waals surface area contributed by atoms with Crippen molar-refractivity contribution in [2.75, 3.05) is 0 Å². The number of fused-ring (bicyclic) bond motifs is 3. The molecule has 0 atom stereocenters. The van der Waals surface area contributed by atoms with Gasteiger partial charge >= 0.3 is 0 Å². The number of hydrogen-bond donors (Lipinski definition) is 0. The molecule has 0 spiro atoms. The summed E-state index contributed by atoms with van der Waals surface area (Å²) in [5.41, 5.74) is 6.54. The molecule has 0 unspecified atom stereocenters. The van der Waals surface area contributed by atoms with Crippen LogP contribution in [-0.2, 0) is 0 Å². The summed E-state index contributed by atoms with van der Waals surface area (Å²) >= 11 is 0. The van der Waals surface area contributed by atoms with Gasteiger partial charge in [0.15, 0.2) is 0 Å². The summed E-state index contributed by atoms with van der Waals surface area (Å²) in [4.78, 5) is 0. The van der Waals surface area contributed by atoms with E-state index in [-0.39, 0.29) is 0 Å². The van der Waals surface area contributed by atoms with E-state index in [1.165, 1.54) is 11.1 Å². The fourth-order valence-electron chi connectivity index (χ4n) is 3.53. The Labute approximate surface area is 170 Å². The fourth-order valence-corrected chi connectivity index (χ4v) is 3.53. The standard InChI is InChI=1S/C28H20O/c1-3-7-21(8-4-1)11-13-23-15-17-27-25(19-23)26-20-24(16-18-28(26)29-27)14-12-22-9-5-2-6-10-22/h1-20H/b13-11+,14-12+. The Kier molecular flexibility index (Phi) is 4.56.